The summed E-state index contributed by atoms with van der Waals surface area (Å²) in [5, 5.41) is 1.73. The van der Waals surface area contributed by atoms with E-state index in [-0.39, 0.29) is 0 Å². The van der Waals surface area contributed by atoms with Crippen LogP contribution in [0.3, 0.4) is 0 Å². The van der Waals surface area contributed by atoms with Gasteiger partial charge in [-0.05, 0) is 23.9 Å². The fourth-order valence-corrected chi connectivity index (χ4v) is 1.08. The summed E-state index contributed by atoms with van der Waals surface area (Å²) in [6.45, 7) is 1.85. The second kappa shape index (κ2) is 1.85. The molecule has 1 aromatic heterocycles. The molecule has 0 N–H and O–H groups in total. The van der Waals surface area contributed by atoms with Gasteiger partial charge in [-0.2, -0.15) is 0 Å². The van der Waals surface area contributed by atoms with E-state index >= 15 is 0 Å². The Hall–Kier alpha value is -0.0100. The maximum atomic E-state index is 7.17. The van der Waals surface area contributed by atoms with Crippen molar-refractivity contribution in [2.75, 3.05) is 0 Å². The molecule has 1 aromatic rings. The van der Waals surface area contributed by atoms with Crippen LogP contribution in [0.15, 0.2) is 11.4 Å². The second-order valence-electron chi connectivity index (χ2n) is 1.28. The molecule has 0 aliphatic heterocycles. The highest BCUT2D eigenvalue weighted by atomic mass is 35.5. The van der Waals surface area contributed by atoms with E-state index in [0.29, 0.717) is 6.04 Å². The van der Waals surface area contributed by atoms with Crippen molar-refractivity contribution in [2.45, 2.75) is 6.92 Å². The number of rotatable bonds is 0. The molecular weight excluding hydrogens is 128 g/mol. The van der Waals surface area contributed by atoms with Gasteiger partial charge in [-0.15, -0.1) is 11.3 Å². The van der Waals surface area contributed by atoms with Gasteiger partial charge in [0.05, 0.1) is 5.71 Å². The van der Waals surface area contributed by atoms with E-state index in [1.165, 1.54) is 11.3 Å². The van der Waals surface area contributed by atoms with Crippen LogP contribution in [0, 0.1) is 6.92 Å². The van der Waals surface area contributed by atoms with E-state index < -0.39 is 0 Å². The Balaban J connectivity index is 3.19. The van der Waals surface area contributed by atoms with Gasteiger partial charge in [-0.1, -0.05) is 11.6 Å². The summed E-state index contributed by atoms with van der Waals surface area (Å²) in [6.07, 6.45) is 0. The van der Waals surface area contributed by atoms with Gasteiger partial charge in [0.2, 0.25) is 0 Å². The molecule has 0 saturated carbocycles. The molecule has 0 amide bonds. The first-order chi connectivity index (χ1) is 3.72. The third kappa shape index (κ3) is 0.956. The second-order valence-corrected chi connectivity index (χ2v) is 2.76. The van der Waals surface area contributed by atoms with Crippen molar-refractivity contribution < 1.29 is 1.37 Å². The van der Waals surface area contributed by atoms with Gasteiger partial charge < -0.3 is 0 Å². The normalized spacial score (nSPS) is 11.4. The van der Waals surface area contributed by atoms with Gasteiger partial charge in [-0.25, -0.2) is 0 Å². The van der Waals surface area contributed by atoms with Crippen LogP contribution in [0.5, 0.6) is 0 Å². The van der Waals surface area contributed by atoms with Gasteiger partial charge in [0.1, 0.15) is 0 Å². The highest BCUT2D eigenvalue weighted by molar-refractivity contribution is 7.14. The molecule has 0 fully saturated rings. The highest BCUT2D eigenvalue weighted by Gasteiger charge is 1.89. The van der Waals surface area contributed by atoms with Gasteiger partial charge in [-0.3, -0.25) is 0 Å². The average molecular weight is 134 g/mol. The number of hydrogen-bond donors (Lipinski definition) is 0. The zero-order valence-electron chi connectivity index (χ0n) is 4.86. The summed E-state index contributed by atoms with van der Waals surface area (Å²) < 4.78 is 7.90. The molecule has 0 aliphatic rings. The Kier molecular flexibility index (Phi) is 1.04. The Morgan fingerprint density at radius 1 is 2.00 bits per heavy atom. The molecule has 0 nitrogen and oxygen atoms in total. The van der Waals surface area contributed by atoms with Crippen molar-refractivity contribution in [3.8, 4) is 0 Å². The monoisotopic (exact) mass is 133 g/mol. The Labute approximate surface area is 53.1 Å². The summed E-state index contributed by atoms with van der Waals surface area (Å²) in [6, 6.07) is 0.542. The standard InChI is InChI=1S/C5H5ClS/c1-4-2-3-7-5(4)6/h2-3H,1H3/i2D. The number of thiophene rings is 1. The fourth-order valence-electron chi connectivity index (χ4n) is 0.315. The molecule has 0 radical (unpaired) electrons. The highest BCUT2D eigenvalue weighted by Crippen LogP contribution is 2.20. The summed E-state index contributed by atoms with van der Waals surface area (Å²) in [5.41, 5.74) is 0.886. The van der Waals surface area contributed by atoms with Crippen LogP contribution in [0.25, 0.3) is 0 Å². The van der Waals surface area contributed by atoms with Crippen LogP contribution < -0.4 is 0 Å². The van der Waals surface area contributed by atoms with Crippen LogP contribution >= 0.6 is 22.9 Å². The average Bonchev–Trinajstić information content (AvgIpc) is 1.98. The maximum Gasteiger partial charge on any atom is 0.0957 e. The van der Waals surface area contributed by atoms with Gasteiger partial charge in [0.15, 0.2) is 0 Å². The topological polar surface area (TPSA) is 0 Å². The van der Waals surface area contributed by atoms with E-state index in [4.69, 9.17) is 13.0 Å². The fraction of sp³-hybridized carbons (Fsp3) is 0.200. The Morgan fingerprint density at radius 3 is 2.86 bits per heavy atom. The zero-order chi connectivity index (χ0) is 6.15. The molecule has 2 heteroatoms. The summed E-state index contributed by atoms with van der Waals surface area (Å²) in [7, 11) is 0. The SMILES string of the molecule is [2H]c1csc(Cl)c1C. The quantitative estimate of drug-likeness (QED) is 0.511. The Bertz CT molecular complexity index is 175. The van der Waals surface area contributed by atoms with Crippen molar-refractivity contribution in [2.24, 2.45) is 0 Å². The minimum absolute atomic E-state index is 0.542. The van der Waals surface area contributed by atoms with Gasteiger partial charge in [0, 0.05) is 0 Å². The predicted octanol–water partition coefficient (Wildman–Crippen LogP) is 2.71. The smallest absolute Gasteiger partial charge is 0.0957 e. The summed E-state index contributed by atoms with van der Waals surface area (Å²) >= 11 is 7.04. The molecular formula is C5H5ClS. The van der Waals surface area contributed by atoms with Crippen LogP contribution in [0.1, 0.15) is 6.93 Å². The summed E-state index contributed by atoms with van der Waals surface area (Å²) in [5.74, 6) is 0. The van der Waals surface area contributed by atoms with Gasteiger partial charge in [0.25, 0.3) is 0 Å². The first kappa shape index (κ1) is 3.93. The van der Waals surface area contributed by atoms with Crippen molar-refractivity contribution >= 4 is 22.9 Å². The molecule has 0 aromatic carbocycles. The third-order valence-electron chi connectivity index (χ3n) is 0.733. The van der Waals surface area contributed by atoms with Crippen molar-refractivity contribution in [1.29, 1.82) is 0 Å². The van der Waals surface area contributed by atoms with Crippen molar-refractivity contribution in [3.05, 3.63) is 21.3 Å². The molecule has 0 atom stereocenters. The number of hydrogen-bond acceptors (Lipinski definition) is 1. The molecule has 38 valence electrons. The molecule has 0 aliphatic carbocycles. The van der Waals surface area contributed by atoms with E-state index in [0.717, 1.165) is 9.90 Å². The molecule has 0 saturated heterocycles. The lowest BCUT2D eigenvalue weighted by atomic mass is 10.4. The first-order valence-electron chi connectivity index (χ1n) is 2.42. The van der Waals surface area contributed by atoms with E-state index in [1.54, 1.807) is 5.38 Å². The first-order valence-corrected chi connectivity index (χ1v) is 3.18. The molecule has 0 bridgehead atoms. The van der Waals surface area contributed by atoms with Crippen molar-refractivity contribution in [3.63, 3.8) is 0 Å². The molecule has 1 heterocycles. The molecule has 0 spiro atoms. The minimum Gasteiger partial charge on any atom is -0.132 e. The van der Waals surface area contributed by atoms with Crippen molar-refractivity contribution in [1.82, 2.24) is 0 Å². The van der Waals surface area contributed by atoms with Crippen LogP contribution in [-0.2, 0) is 0 Å². The number of halogens is 1. The maximum absolute atomic E-state index is 7.17. The lowest BCUT2D eigenvalue weighted by molar-refractivity contribution is 1.56. The Morgan fingerprint density at radius 2 is 2.71 bits per heavy atom. The lowest BCUT2D eigenvalue weighted by Gasteiger charge is -1.76. The molecule has 7 heavy (non-hydrogen) atoms. The van der Waals surface area contributed by atoms with Crippen LogP contribution in [0.2, 0.25) is 4.34 Å². The lowest BCUT2D eigenvalue weighted by Crippen LogP contribution is -1.54. The largest absolute Gasteiger partial charge is 0.132 e. The van der Waals surface area contributed by atoms with Crippen LogP contribution in [-0.4, -0.2) is 0 Å². The molecule has 1 rings (SSSR count). The van der Waals surface area contributed by atoms with Gasteiger partial charge >= 0.3 is 0 Å². The van der Waals surface area contributed by atoms with E-state index in [9.17, 15) is 0 Å². The van der Waals surface area contributed by atoms with E-state index in [2.05, 4.69) is 0 Å². The predicted molar refractivity (Wildman–Crippen MR) is 34.1 cm³/mol. The van der Waals surface area contributed by atoms with Crippen LogP contribution in [0.4, 0.5) is 0 Å². The zero-order valence-corrected chi connectivity index (χ0v) is 5.44. The third-order valence-corrected chi connectivity index (χ3v) is 2.03. The minimum atomic E-state index is 0.542. The molecule has 0 unspecified atom stereocenters. The van der Waals surface area contributed by atoms with E-state index in [1.807, 2.05) is 6.92 Å². The summed E-state index contributed by atoms with van der Waals surface area (Å²) in [4.78, 5) is 0.